The monoisotopic (exact) mass is 322 g/mol. The van der Waals surface area contributed by atoms with Crippen molar-refractivity contribution in [3.8, 4) is 6.07 Å². The van der Waals surface area contributed by atoms with E-state index in [1.165, 1.54) is 45.3 Å². The van der Waals surface area contributed by atoms with E-state index in [0.29, 0.717) is 0 Å². The number of nitriles is 1. The summed E-state index contributed by atoms with van der Waals surface area (Å²) in [6.07, 6.45) is 7.37. The van der Waals surface area contributed by atoms with Crippen molar-refractivity contribution in [1.82, 2.24) is 15.1 Å². The van der Waals surface area contributed by atoms with Gasteiger partial charge in [0.1, 0.15) is 5.54 Å². The summed E-state index contributed by atoms with van der Waals surface area (Å²) in [5, 5.41) is 13.2. The first-order chi connectivity index (χ1) is 10.8. The lowest BCUT2D eigenvalue weighted by Gasteiger charge is -2.41. The SMILES string of the molecule is CN1CCC(CCCN2CCC(C#N)(NC(C)(C)C)CC2)CC1.[HH]. The number of piperidine rings is 2. The molecule has 2 saturated heterocycles. The Kier molecular flexibility index (Phi) is 6.48. The summed E-state index contributed by atoms with van der Waals surface area (Å²) in [6, 6.07) is 2.56. The number of likely N-dealkylation sites (tertiary alicyclic amines) is 2. The molecule has 2 aliphatic rings. The third-order valence-corrected chi connectivity index (χ3v) is 5.46. The van der Waals surface area contributed by atoms with Crippen LogP contribution in [0.1, 0.15) is 60.7 Å². The third kappa shape index (κ3) is 6.06. The number of nitrogens with one attached hydrogen (secondary N) is 1. The lowest BCUT2D eigenvalue weighted by molar-refractivity contribution is 0.139. The lowest BCUT2D eigenvalue weighted by atomic mass is 9.86. The largest absolute Gasteiger partial charge is 0.306 e. The van der Waals surface area contributed by atoms with Gasteiger partial charge in [-0.1, -0.05) is 0 Å². The Morgan fingerprint density at radius 2 is 1.78 bits per heavy atom. The molecule has 0 aromatic carbocycles. The minimum absolute atomic E-state index is 0. The second-order valence-corrected chi connectivity index (χ2v) is 8.80. The zero-order chi connectivity index (χ0) is 16.9. The van der Waals surface area contributed by atoms with Gasteiger partial charge in [0.25, 0.3) is 0 Å². The van der Waals surface area contributed by atoms with Crippen LogP contribution in [0, 0.1) is 17.2 Å². The molecule has 0 amide bonds. The zero-order valence-corrected chi connectivity index (χ0v) is 15.7. The molecular weight excluding hydrogens is 284 g/mol. The number of hydrogen-bond acceptors (Lipinski definition) is 4. The molecule has 2 heterocycles. The van der Waals surface area contributed by atoms with Crippen LogP contribution in [0.5, 0.6) is 0 Å². The van der Waals surface area contributed by atoms with Crippen molar-refractivity contribution >= 4 is 0 Å². The first-order valence-electron chi connectivity index (χ1n) is 9.43. The van der Waals surface area contributed by atoms with Gasteiger partial charge < -0.3 is 9.80 Å². The van der Waals surface area contributed by atoms with Crippen molar-refractivity contribution in [2.45, 2.75) is 70.4 Å². The molecule has 23 heavy (non-hydrogen) atoms. The van der Waals surface area contributed by atoms with Gasteiger partial charge >= 0.3 is 0 Å². The molecule has 2 rings (SSSR count). The molecule has 0 bridgehead atoms. The first-order valence-corrected chi connectivity index (χ1v) is 9.43. The van der Waals surface area contributed by atoms with Crippen LogP contribution in [0.3, 0.4) is 0 Å². The summed E-state index contributed by atoms with van der Waals surface area (Å²) in [5.41, 5.74) is -0.311. The van der Waals surface area contributed by atoms with E-state index in [9.17, 15) is 5.26 Å². The average Bonchev–Trinajstić information content (AvgIpc) is 2.50. The Morgan fingerprint density at radius 1 is 1.17 bits per heavy atom. The lowest BCUT2D eigenvalue weighted by Crippen LogP contribution is -2.58. The highest BCUT2D eigenvalue weighted by Gasteiger charge is 2.37. The average molecular weight is 323 g/mol. The summed E-state index contributed by atoms with van der Waals surface area (Å²) in [7, 11) is 2.23. The van der Waals surface area contributed by atoms with Crippen molar-refractivity contribution < 1.29 is 1.43 Å². The van der Waals surface area contributed by atoms with Crippen LogP contribution in [-0.4, -0.2) is 60.6 Å². The molecule has 1 N–H and O–H groups in total. The number of rotatable bonds is 5. The molecule has 2 fully saturated rings. The first kappa shape index (κ1) is 18.7. The summed E-state index contributed by atoms with van der Waals surface area (Å²) in [5.74, 6) is 0.941. The van der Waals surface area contributed by atoms with Gasteiger partial charge in [0.2, 0.25) is 0 Å². The Morgan fingerprint density at radius 3 is 2.30 bits per heavy atom. The summed E-state index contributed by atoms with van der Waals surface area (Å²) < 4.78 is 0. The van der Waals surface area contributed by atoms with Gasteiger partial charge in [-0.25, -0.2) is 0 Å². The van der Waals surface area contributed by atoms with E-state index in [1.807, 2.05) is 0 Å². The minimum atomic E-state index is -0.317. The van der Waals surface area contributed by atoms with Crippen LogP contribution in [0.15, 0.2) is 0 Å². The smallest absolute Gasteiger partial charge is 0.109 e. The van der Waals surface area contributed by atoms with Gasteiger partial charge in [-0.3, -0.25) is 5.32 Å². The molecule has 0 aromatic rings. The highest BCUT2D eigenvalue weighted by molar-refractivity contribution is 5.11. The van der Waals surface area contributed by atoms with Gasteiger partial charge in [-0.05, 0) is 91.9 Å². The van der Waals surface area contributed by atoms with Crippen LogP contribution in [-0.2, 0) is 0 Å². The molecule has 0 aromatic heterocycles. The highest BCUT2D eigenvalue weighted by Crippen LogP contribution is 2.26. The van der Waals surface area contributed by atoms with Crippen LogP contribution in [0.2, 0.25) is 0 Å². The van der Waals surface area contributed by atoms with Crippen LogP contribution in [0.25, 0.3) is 0 Å². The molecule has 0 unspecified atom stereocenters. The van der Waals surface area contributed by atoms with Gasteiger partial charge in [0, 0.05) is 20.1 Å². The number of nitrogens with zero attached hydrogens (tertiary/aromatic N) is 3. The maximum atomic E-state index is 9.62. The van der Waals surface area contributed by atoms with Gasteiger partial charge in [0.15, 0.2) is 0 Å². The fraction of sp³-hybridized carbons (Fsp3) is 0.947. The zero-order valence-electron chi connectivity index (χ0n) is 15.7. The number of hydrogen-bond donors (Lipinski definition) is 1. The van der Waals surface area contributed by atoms with Crippen molar-refractivity contribution in [2.75, 3.05) is 39.8 Å². The van der Waals surface area contributed by atoms with Crippen molar-refractivity contribution in [3.63, 3.8) is 0 Å². The Bertz CT molecular complexity index is 397. The molecule has 4 nitrogen and oxygen atoms in total. The molecule has 0 saturated carbocycles. The van der Waals surface area contributed by atoms with E-state index >= 15 is 0 Å². The van der Waals surface area contributed by atoms with E-state index in [-0.39, 0.29) is 12.5 Å². The predicted octanol–water partition coefficient (Wildman–Crippen LogP) is 3.10. The highest BCUT2D eigenvalue weighted by atomic mass is 15.2. The van der Waals surface area contributed by atoms with E-state index in [0.717, 1.165) is 31.8 Å². The van der Waals surface area contributed by atoms with Crippen LogP contribution in [0.4, 0.5) is 0 Å². The maximum Gasteiger partial charge on any atom is 0.109 e. The van der Waals surface area contributed by atoms with E-state index < -0.39 is 0 Å². The Balaban J connectivity index is 0.00000288. The van der Waals surface area contributed by atoms with E-state index in [4.69, 9.17) is 0 Å². The van der Waals surface area contributed by atoms with E-state index in [1.54, 1.807) is 0 Å². The van der Waals surface area contributed by atoms with Gasteiger partial charge in [-0.15, -0.1) is 0 Å². The van der Waals surface area contributed by atoms with Crippen molar-refractivity contribution in [2.24, 2.45) is 5.92 Å². The normalized spacial score (nSPS) is 24.5. The Labute approximate surface area is 144 Å². The molecule has 134 valence electrons. The van der Waals surface area contributed by atoms with Gasteiger partial charge in [-0.2, -0.15) is 5.26 Å². The molecular formula is C19H38N4. The third-order valence-electron chi connectivity index (χ3n) is 5.46. The predicted molar refractivity (Wildman–Crippen MR) is 98.5 cm³/mol. The van der Waals surface area contributed by atoms with Crippen LogP contribution < -0.4 is 5.32 Å². The van der Waals surface area contributed by atoms with Crippen molar-refractivity contribution in [1.29, 1.82) is 5.26 Å². The molecule has 0 radical (unpaired) electrons. The fourth-order valence-electron chi connectivity index (χ4n) is 4.10. The molecule has 2 aliphatic heterocycles. The van der Waals surface area contributed by atoms with E-state index in [2.05, 4.69) is 49.0 Å². The second kappa shape index (κ2) is 7.96. The topological polar surface area (TPSA) is 42.3 Å². The summed E-state index contributed by atoms with van der Waals surface area (Å²) >= 11 is 0. The van der Waals surface area contributed by atoms with Crippen LogP contribution >= 0.6 is 0 Å². The van der Waals surface area contributed by atoms with Crippen molar-refractivity contribution in [3.05, 3.63) is 0 Å². The standard InChI is InChI=1S/C19H36N4.H2/c1-18(2,3)21-19(16-20)9-14-23(15-10-19)11-5-6-17-7-12-22(4)13-8-17;/h17,21H,5-15H2,1-4H3;1H. The maximum absolute atomic E-state index is 9.62. The molecule has 4 heteroatoms. The Hall–Kier alpha value is -0.630. The summed E-state index contributed by atoms with van der Waals surface area (Å²) in [4.78, 5) is 5.01. The second-order valence-electron chi connectivity index (χ2n) is 8.80. The van der Waals surface area contributed by atoms with Gasteiger partial charge in [0.05, 0.1) is 6.07 Å². The fourth-order valence-corrected chi connectivity index (χ4v) is 4.10. The molecule has 0 aliphatic carbocycles. The quantitative estimate of drug-likeness (QED) is 0.844. The summed E-state index contributed by atoms with van der Waals surface area (Å²) in [6.45, 7) is 12.3. The molecule has 0 atom stereocenters. The minimum Gasteiger partial charge on any atom is -0.306 e. The molecule has 0 spiro atoms.